The van der Waals surface area contributed by atoms with Crippen LogP contribution in [0.25, 0.3) is 22.4 Å². The van der Waals surface area contributed by atoms with Crippen LogP contribution in [0.1, 0.15) is 19.8 Å². The molecule has 1 heterocycles. The Kier molecular flexibility index (Phi) is 4.24. The van der Waals surface area contributed by atoms with Crippen molar-refractivity contribution < 1.29 is 0 Å². The minimum Gasteiger partial charge on any atom is -0.294 e. The number of aryl methyl sites for hydroxylation is 1. The van der Waals surface area contributed by atoms with E-state index in [9.17, 15) is 4.79 Å². The lowest BCUT2D eigenvalue weighted by atomic mass is 10.0. The zero-order valence-corrected chi connectivity index (χ0v) is 12.8. The highest BCUT2D eigenvalue weighted by atomic mass is 16.1. The van der Waals surface area contributed by atoms with Crippen molar-refractivity contribution in [2.75, 3.05) is 0 Å². The highest BCUT2D eigenvalue weighted by molar-refractivity contribution is 5.80. The summed E-state index contributed by atoms with van der Waals surface area (Å²) >= 11 is 0. The molecule has 2 aromatic carbocycles. The SMILES string of the molecule is CCCCn1[nH]c(-c2ccccc2)c(-c2ccccc2)c1=O. The molecule has 1 N–H and O–H groups in total. The number of unbranched alkanes of at least 4 members (excludes halogenated alkanes) is 1. The standard InChI is InChI=1S/C19H20N2O/c1-2-3-14-21-19(22)17(15-10-6-4-7-11-15)18(20-21)16-12-8-5-9-13-16/h4-13,20H,2-3,14H2,1H3. The normalized spacial score (nSPS) is 10.8. The zero-order valence-electron chi connectivity index (χ0n) is 12.8. The van der Waals surface area contributed by atoms with Crippen molar-refractivity contribution >= 4 is 0 Å². The molecule has 3 heteroatoms. The van der Waals surface area contributed by atoms with Gasteiger partial charge >= 0.3 is 0 Å². The summed E-state index contributed by atoms with van der Waals surface area (Å²) in [5, 5.41) is 3.30. The van der Waals surface area contributed by atoms with Crippen LogP contribution in [0.4, 0.5) is 0 Å². The first-order chi connectivity index (χ1) is 10.8. The molecule has 0 aliphatic carbocycles. The minimum atomic E-state index is 0.0542. The number of nitrogens with zero attached hydrogens (tertiary/aromatic N) is 1. The molecule has 3 rings (SSSR count). The second-order valence-corrected chi connectivity index (χ2v) is 5.40. The van der Waals surface area contributed by atoms with Crippen molar-refractivity contribution in [2.24, 2.45) is 0 Å². The lowest BCUT2D eigenvalue weighted by Gasteiger charge is -2.02. The van der Waals surface area contributed by atoms with Crippen molar-refractivity contribution in [1.82, 2.24) is 9.78 Å². The number of hydrogen-bond donors (Lipinski definition) is 1. The molecule has 0 bridgehead atoms. The van der Waals surface area contributed by atoms with E-state index in [0.29, 0.717) is 0 Å². The molecule has 112 valence electrons. The van der Waals surface area contributed by atoms with E-state index < -0.39 is 0 Å². The van der Waals surface area contributed by atoms with Crippen LogP contribution >= 0.6 is 0 Å². The molecule has 3 aromatic rings. The number of aromatic nitrogens is 2. The first-order valence-corrected chi connectivity index (χ1v) is 7.75. The van der Waals surface area contributed by atoms with E-state index in [4.69, 9.17) is 0 Å². The molecule has 1 aromatic heterocycles. The fraction of sp³-hybridized carbons (Fsp3) is 0.211. The van der Waals surface area contributed by atoms with E-state index in [1.807, 2.05) is 60.7 Å². The van der Waals surface area contributed by atoms with Gasteiger partial charge in [-0.05, 0) is 12.0 Å². The Hall–Kier alpha value is -2.55. The maximum atomic E-state index is 12.8. The van der Waals surface area contributed by atoms with Gasteiger partial charge in [-0.1, -0.05) is 74.0 Å². The monoisotopic (exact) mass is 292 g/mol. The number of benzene rings is 2. The van der Waals surface area contributed by atoms with Crippen molar-refractivity contribution in [3.63, 3.8) is 0 Å². The Morgan fingerprint density at radius 3 is 2.09 bits per heavy atom. The molecule has 0 unspecified atom stereocenters. The van der Waals surface area contributed by atoms with Gasteiger partial charge in [-0.25, -0.2) is 0 Å². The molecule has 0 spiro atoms. The lowest BCUT2D eigenvalue weighted by Crippen LogP contribution is -2.17. The Bertz CT molecular complexity index is 785. The van der Waals surface area contributed by atoms with Gasteiger partial charge in [0.2, 0.25) is 0 Å². The maximum absolute atomic E-state index is 12.8. The maximum Gasteiger partial charge on any atom is 0.274 e. The third-order valence-electron chi connectivity index (χ3n) is 3.82. The number of H-pyrrole nitrogens is 1. The van der Waals surface area contributed by atoms with Crippen LogP contribution in [-0.4, -0.2) is 9.78 Å². The van der Waals surface area contributed by atoms with Crippen LogP contribution < -0.4 is 5.56 Å². The van der Waals surface area contributed by atoms with Gasteiger partial charge in [0.25, 0.3) is 5.56 Å². The van der Waals surface area contributed by atoms with Gasteiger partial charge in [0.05, 0.1) is 11.3 Å². The van der Waals surface area contributed by atoms with Crippen LogP contribution in [0.15, 0.2) is 65.5 Å². The van der Waals surface area contributed by atoms with Crippen LogP contribution in [0.5, 0.6) is 0 Å². The summed E-state index contributed by atoms with van der Waals surface area (Å²) in [6.07, 6.45) is 2.05. The van der Waals surface area contributed by atoms with E-state index in [-0.39, 0.29) is 5.56 Å². The van der Waals surface area contributed by atoms with Crippen LogP contribution in [0, 0.1) is 0 Å². The topological polar surface area (TPSA) is 37.8 Å². The molecule has 0 aliphatic heterocycles. The summed E-state index contributed by atoms with van der Waals surface area (Å²) < 4.78 is 1.73. The molecule has 0 radical (unpaired) electrons. The van der Waals surface area contributed by atoms with Crippen LogP contribution in [0.3, 0.4) is 0 Å². The quantitative estimate of drug-likeness (QED) is 0.747. The van der Waals surface area contributed by atoms with Crippen LogP contribution in [-0.2, 0) is 6.54 Å². The summed E-state index contributed by atoms with van der Waals surface area (Å²) in [4.78, 5) is 12.8. The molecular formula is C19H20N2O. The van der Waals surface area contributed by atoms with Gasteiger partial charge in [0, 0.05) is 12.1 Å². The zero-order chi connectivity index (χ0) is 15.4. The van der Waals surface area contributed by atoms with Gasteiger partial charge in [-0.3, -0.25) is 14.6 Å². The molecule has 3 nitrogen and oxygen atoms in total. The van der Waals surface area contributed by atoms with Crippen molar-refractivity contribution in [2.45, 2.75) is 26.3 Å². The Morgan fingerprint density at radius 1 is 0.909 bits per heavy atom. The third kappa shape index (κ3) is 2.75. The van der Waals surface area contributed by atoms with E-state index in [0.717, 1.165) is 41.8 Å². The van der Waals surface area contributed by atoms with E-state index in [1.165, 1.54) is 0 Å². The first kappa shape index (κ1) is 14.4. The van der Waals surface area contributed by atoms with E-state index >= 15 is 0 Å². The summed E-state index contributed by atoms with van der Waals surface area (Å²) in [6, 6.07) is 19.9. The lowest BCUT2D eigenvalue weighted by molar-refractivity contribution is 0.559. The molecule has 0 fully saturated rings. The summed E-state index contributed by atoms with van der Waals surface area (Å²) in [5.74, 6) is 0. The summed E-state index contributed by atoms with van der Waals surface area (Å²) in [6.45, 7) is 2.85. The van der Waals surface area contributed by atoms with Gasteiger partial charge in [0.1, 0.15) is 0 Å². The second kappa shape index (κ2) is 6.48. The Morgan fingerprint density at radius 2 is 1.50 bits per heavy atom. The van der Waals surface area contributed by atoms with Gasteiger partial charge in [-0.15, -0.1) is 0 Å². The smallest absolute Gasteiger partial charge is 0.274 e. The molecule has 0 atom stereocenters. The van der Waals surface area contributed by atoms with E-state index in [1.54, 1.807) is 4.68 Å². The molecule has 0 saturated heterocycles. The van der Waals surface area contributed by atoms with Crippen LogP contribution in [0.2, 0.25) is 0 Å². The number of hydrogen-bond acceptors (Lipinski definition) is 1. The molecule has 0 aliphatic rings. The second-order valence-electron chi connectivity index (χ2n) is 5.40. The van der Waals surface area contributed by atoms with Gasteiger partial charge in [0.15, 0.2) is 0 Å². The minimum absolute atomic E-state index is 0.0542. The fourth-order valence-electron chi connectivity index (χ4n) is 2.64. The molecule has 22 heavy (non-hydrogen) atoms. The number of rotatable bonds is 5. The molecule has 0 saturated carbocycles. The first-order valence-electron chi connectivity index (χ1n) is 7.75. The predicted octanol–water partition coefficient (Wildman–Crippen LogP) is 4.31. The van der Waals surface area contributed by atoms with Crippen molar-refractivity contribution in [3.8, 4) is 22.4 Å². The summed E-state index contributed by atoms with van der Waals surface area (Å²) in [5.41, 5.74) is 3.70. The average Bonchev–Trinajstić information content (AvgIpc) is 2.91. The molecule has 0 amide bonds. The third-order valence-corrected chi connectivity index (χ3v) is 3.82. The van der Waals surface area contributed by atoms with E-state index in [2.05, 4.69) is 12.0 Å². The van der Waals surface area contributed by atoms with Gasteiger partial charge < -0.3 is 0 Å². The fourth-order valence-corrected chi connectivity index (χ4v) is 2.64. The molecular weight excluding hydrogens is 272 g/mol. The number of nitrogens with one attached hydrogen (secondary N) is 1. The van der Waals surface area contributed by atoms with Crippen molar-refractivity contribution in [1.29, 1.82) is 0 Å². The van der Waals surface area contributed by atoms with Crippen molar-refractivity contribution in [3.05, 3.63) is 71.0 Å². The summed E-state index contributed by atoms with van der Waals surface area (Å²) in [7, 11) is 0. The largest absolute Gasteiger partial charge is 0.294 e. The average molecular weight is 292 g/mol. The Balaban J connectivity index is 2.18. The van der Waals surface area contributed by atoms with Gasteiger partial charge in [-0.2, -0.15) is 0 Å². The number of aromatic amines is 1. The highest BCUT2D eigenvalue weighted by Gasteiger charge is 2.16. The predicted molar refractivity (Wildman–Crippen MR) is 90.8 cm³/mol. The Labute approximate surface area is 130 Å². The highest BCUT2D eigenvalue weighted by Crippen LogP contribution is 2.27.